The lowest BCUT2D eigenvalue weighted by Crippen LogP contribution is -2.17. The molecule has 3 aromatic rings. The molecule has 1 unspecified atom stereocenters. The molecule has 142 valence electrons. The molecule has 0 saturated heterocycles. The Hall–Kier alpha value is -2.66. The number of fused-ring (bicyclic) bond motifs is 2. The van der Waals surface area contributed by atoms with E-state index in [-0.39, 0.29) is 16.5 Å². The number of aromatic amines is 1. The number of nitrogens with two attached hydrogens (primary N) is 1. The van der Waals surface area contributed by atoms with Crippen LogP contribution in [0.5, 0.6) is 0 Å². The summed E-state index contributed by atoms with van der Waals surface area (Å²) >= 11 is 6.66. The number of aromatic nitrogens is 2. The maximum Gasteiger partial charge on any atom is 0.268 e. The van der Waals surface area contributed by atoms with E-state index in [1.54, 1.807) is 6.07 Å². The van der Waals surface area contributed by atoms with E-state index in [0.29, 0.717) is 17.1 Å². The number of nitrogens with zero attached hydrogens (tertiary/aromatic N) is 1. The Labute approximate surface area is 166 Å². The number of hydrogen-bond donors (Lipinski definition) is 2. The fraction of sp³-hybridized carbons (Fsp3) is 0.318. The number of hydrogen-bond acceptors (Lipinski definition) is 3. The third-order valence-electron chi connectivity index (χ3n) is 6.29. The van der Waals surface area contributed by atoms with Crippen LogP contribution in [-0.4, -0.2) is 15.9 Å². The molecular formula is C22H20ClN3O2. The SMILES string of the molecule is Cc1cc(C2C[C@@H]3C[C@@H]3C2)c(Cl)cc1-c1cc(=O)c2c(C(N)=O)nccc2[nH]1. The summed E-state index contributed by atoms with van der Waals surface area (Å²) in [6, 6.07) is 7.27. The molecule has 0 spiro atoms. The quantitative estimate of drug-likeness (QED) is 0.700. The van der Waals surface area contributed by atoms with Crippen molar-refractivity contribution >= 4 is 28.4 Å². The van der Waals surface area contributed by atoms with Gasteiger partial charge in [0.15, 0.2) is 5.43 Å². The van der Waals surface area contributed by atoms with Crippen LogP contribution in [0.3, 0.4) is 0 Å². The zero-order valence-corrected chi connectivity index (χ0v) is 16.2. The van der Waals surface area contributed by atoms with Crippen molar-refractivity contribution in [1.82, 2.24) is 9.97 Å². The molecular weight excluding hydrogens is 374 g/mol. The van der Waals surface area contributed by atoms with Gasteiger partial charge in [-0.1, -0.05) is 17.7 Å². The molecule has 0 bridgehead atoms. The number of aryl methyl sites for hydroxylation is 1. The zero-order chi connectivity index (χ0) is 19.6. The average Bonchev–Trinajstić information content (AvgIpc) is 3.27. The van der Waals surface area contributed by atoms with Crippen molar-refractivity contribution in [3.05, 3.63) is 62.5 Å². The molecule has 3 atom stereocenters. The number of H-pyrrole nitrogens is 1. The Morgan fingerprint density at radius 2 is 1.96 bits per heavy atom. The van der Waals surface area contributed by atoms with Crippen LogP contribution < -0.4 is 11.2 Å². The Morgan fingerprint density at radius 1 is 1.21 bits per heavy atom. The maximum absolute atomic E-state index is 12.7. The second-order valence-corrected chi connectivity index (χ2v) is 8.51. The summed E-state index contributed by atoms with van der Waals surface area (Å²) in [6.45, 7) is 2.04. The molecule has 28 heavy (non-hydrogen) atoms. The van der Waals surface area contributed by atoms with E-state index < -0.39 is 5.91 Å². The average molecular weight is 394 g/mol. The fourth-order valence-corrected chi connectivity index (χ4v) is 5.13. The van der Waals surface area contributed by atoms with Crippen LogP contribution in [0.2, 0.25) is 5.02 Å². The molecule has 5 nitrogen and oxygen atoms in total. The molecule has 2 fully saturated rings. The van der Waals surface area contributed by atoms with E-state index in [2.05, 4.69) is 16.0 Å². The number of nitrogens with one attached hydrogen (secondary N) is 1. The first-order chi connectivity index (χ1) is 13.4. The van der Waals surface area contributed by atoms with E-state index in [9.17, 15) is 9.59 Å². The van der Waals surface area contributed by atoms with Gasteiger partial charge in [-0.05, 0) is 67.2 Å². The highest BCUT2D eigenvalue weighted by Gasteiger charge is 2.46. The van der Waals surface area contributed by atoms with E-state index in [1.807, 2.05) is 13.0 Å². The molecule has 2 heterocycles. The Morgan fingerprint density at radius 3 is 2.68 bits per heavy atom. The highest BCUT2D eigenvalue weighted by atomic mass is 35.5. The molecule has 0 aliphatic heterocycles. The van der Waals surface area contributed by atoms with Crippen molar-refractivity contribution in [1.29, 1.82) is 0 Å². The Bertz CT molecular complexity index is 1190. The number of benzene rings is 1. The Balaban J connectivity index is 1.61. The fourth-order valence-electron chi connectivity index (χ4n) is 4.81. The van der Waals surface area contributed by atoms with Gasteiger partial charge in [0.25, 0.3) is 5.91 Å². The first-order valence-electron chi connectivity index (χ1n) is 9.54. The minimum Gasteiger partial charge on any atom is -0.364 e. The highest BCUT2D eigenvalue weighted by molar-refractivity contribution is 6.31. The van der Waals surface area contributed by atoms with Gasteiger partial charge in [-0.2, -0.15) is 0 Å². The molecule has 2 aromatic heterocycles. The van der Waals surface area contributed by atoms with E-state index >= 15 is 0 Å². The van der Waals surface area contributed by atoms with Crippen LogP contribution in [-0.2, 0) is 0 Å². The van der Waals surface area contributed by atoms with Crippen LogP contribution in [0.25, 0.3) is 22.2 Å². The van der Waals surface area contributed by atoms with Crippen molar-refractivity contribution in [2.24, 2.45) is 17.6 Å². The predicted molar refractivity (Wildman–Crippen MR) is 110 cm³/mol. The first-order valence-corrected chi connectivity index (χ1v) is 9.92. The van der Waals surface area contributed by atoms with Gasteiger partial charge in [0.2, 0.25) is 0 Å². The van der Waals surface area contributed by atoms with Crippen LogP contribution in [0.1, 0.15) is 46.8 Å². The topological polar surface area (TPSA) is 88.8 Å². The largest absolute Gasteiger partial charge is 0.364 e. The highest BCUT2D eigenvalue weighted by Crippen LogP contribution is 2.58. The number of amides is 1. The normalized spacial score (nSPS) is 23.0. The number of pyridine rings is 2. The summed E-state index contributed by atoms with van der Waals surface area (Å²) in [4.78, 5) is 31.5. The van der Waals surface area contributed by atoms with Gasteiger partial charge in [-0.3, -0.25) is 14.6 Å². The lowest BCUT2D eigenvalue weighted by Gasteiger charge is -2.17. The monoisotopic (exact) mass is 393 g/mol. The predicted octanol–water partition coefficient (Wildman–Crippen LogP) is 4.16. The molecule has 2 aliphatic rings. The third kappa shape index (κ3) is 2.73. The van der Waals surface area contributed by atoms with Gasteiger partial charge in [0, 0.05) is 22.8 Å². The lowest BCUT2D eigenvalue weighted by atomic mass is 9.90. The number of carbonyl (C=O) groups excluding carboxylic acids is 1. The molecule has 1 amide bonds. The van der Waals surface area contributed by atoms with Crippen LogP contribution in [0.4, 0.5) is 0 Å². The maximum atomic E-state index is 12.7. The second-order valence-electron chi connectivity index (χ2n) is 8.11. The minimum absolute atomic E-state index is 0.0183. The van der Waals surface area contributed by atoms with Gasteiger partial charge in [0.1, 0.15) is 5.69 Å². The summed E-state index contributed by atoms with van der Waals surface area (Å²) in [5, 5.41) is 0.963. The van der Waals surface area contributed by atoms with Gasteiger partial charge in [-0.15, -0.1) is 0 Å². The second kappa shape index (κ2) is 6.17. The molecule has 5 rings (SSSR count). The molecule has 2 aliphatic carbocycles. The zero-order valence-electron chi connectivity index (χ0n) is 15.5. The van der Waals surface area contributed by atoms with Gasteiger partial charge < -0.3 is 10.7 Å². The van der Waals surface area contributed by atoms with Gasteiger partial charge in [0.05, 0.1) is 16.6 Å². The number of rotatable bonds is 3. The third-order valence-corrected chi connectivity index (χ3v) is 6.62. The first kappa shape index (κ1) is 17.4. The van der Waals surface area contributed by atoms with Crippen molar-refractivity contribution in [3.8, 4) is 11.3 Å². The molecule has 0 radical (unpaired) electrons. The number of primary amides is 1. The van der Waals surface area contributed by atoms with E-state index in [0.717, 1.165) is 28.0 Å². The van der Waals surface area contributed by atoms with Crippen molar-refractivity contribution < 1.29 is 4.79 Å². The van der Waals surface area contributed by atoms with Crippen molar-refractivity contribution in [2.45, 2.75) is 32.1 Å². The molecule has 2 saturated carbocycles. The summed E-state index contributed by atoms with van der Waals surface area (Å²) in [7, 11) is 0. The smallest absolute Gasteiger partial charge is 0.268 e. The van der Waals surface area contributed by atoms with Crippen LogP contribution in [0.15, 0.2) is 35.3 Å². The molecule has 6 heteroatoms. The summed E-state index contributed by atoms with van der Waals surface area (Å²) < 4.78 is 0. The van der Waals surface area contributed by atoms with Crippen LogP contribution >= 0.6 is 11.6 Å². The van der Waals surface area contributed by atoms with E-state index in [4.69, 9.17) is 17.3 Å². The van der Waals surface area contributed by atoms with Crippen LogP contribution in [0, 0.1) is 18.8 Å². The Kier molecular flexibility index (Phi) is 3.85. The lowest BCUT2D eigenvalue weighted by molar-refractivity contribution is 0.0997. The molecule has 1 aromatic carbocycles. The standard InChI is InChI=1S/C22H20ClN3O2/c1-10-4-15(13-6-11-5-12(11)7-13)16(23)8-14(10)18-9-19(27)20-17(26-18)2-3-25-21(20)22(24)28/h2-4,8-9,11-13H,5-7H2,1H3,(H2,24,28)(H,26,27)/t11-,12+,13?. The van der Waals surface area contributed by atoms with Gasteiger partial charge >= 0.3 is 0 Å². The molecule has 3 N–H and O–H groups in total. The number of halogens is 1. The van der Waals surface area contributed by atoms with E-state index in [1.165, 1.54) is 37.1 Å². The van der Waals surface area contributed by atoms with Gasteiger partial charge in [-0.25, -0.2) is 0 Å². The summed E-state index contributed by atoms with van der Waals surface area (Å²) in [6.07, 6.45) is 5.32. The number of carbonyl (C=O) groups is 1. The summed E-state index contributed by atoms with van der Waals surface area (Å²) in [5.41, 5.74) is 9.42. The van der Waals surface area contributed by atoms with Crippen molar-refractivity contribution in [3.63, 3.8) is 0 Å². The minimum atomic E-state index is -0.720. The summed E-state index contributed by atoms with van der Waals surface area (Å²) in [5.74, 6) is 1.61. The van der Waals surface area contributed by atoms with Crippen molar-refractivity contribution in [2.75, 3.05) is 0 Å².